The van der Waals surface area contributed by atoms with Gasteiger partial charge >= 0.3 is 6.09 Å². The second-order valence-electron chi connectivity index (χ2n) is 8.41. The number of nitrogens with zero attached hydrogens (tertiary/aromatic N) is 5. The summed E-state index contributed by atoms with van der Waals surface area (Å²) in [5.41, 5.74) is 1.09. The van der Waals surface area contributed by atoms with Gasteiger partial charge in [-0.05, 0) is 63.3 Å². The Labute approximate surface area is 211 Å². The van der Waals surface area contributed by atoms with Gasteiger partial charge in [-0.15, -0.1) is 4.68 Å². The molecule has 0 radical (unpaired) electrons. The normalized spacial score (nSPS) is 11.5. The molecule has 8 nitrogen and oxygen atoms in total. The number of pyridine rings is 2. The molecular weight excluding hydrogens is 489 g/mol. The zero-order valence-corrected chi connectivity index (χ0v) is 20.5. The van der Waals surface area contributed by atoms with E-state index in [-0.39, 0.29) is 5.02 Å². The SMILES string of the molecule is CC(C)(C)OC(=O)n1nc(C=Cc2cc(Oc3cc(Cl)cc(C#N)c3)c(Cl)cn2)c2cccnc21. The first-order chi connectivity index (χ1) is 16.6. The van der Waals surface area contributed by atoms with Gasteiger partial charge in [-0.1, -0.05) is 23.2 Å². The fourth-order valence-electron chi connectivity index (χ4n) is 3.11. The summed E-state index contributed by atoms with van der Waals surface area (Å²) in [4.78, 5) is 21.2. The van der Waals surface area contributed by atoms with E-state index >= 15 is 0 Å². The van der Waals surface area contributed by atoms with Crippen molar-refractivity contribution >= 4 is 52.5 Å². The van der Waals surface area contributed by atoms with E-state index in [1.807, 2.05) is 12.1 Å². The van der Waals surface area contributed by atoms with Crippen LogP contribution in [0.1, 0.15) is 37.7 Å². The third-order valence-electron chi connectivity index (χ3n) is 4.52. The summed E-state index contributed by atoms with van der Waals surface area (Å²) in [5, 5.41) is 14.9. The van der Waals surface area contributed by atoms with E-state index in [9.17, 15) is 4.79 Å². The summed E-state index contributed by atoms with van der Waals surface area (Å²) in [7, 11) is 0. The second kappa shape index (κ2) is 9.74. The number of carbonyl (C=O) groups is 1. The van der Waals surface area contributed by atoms with Crippen molar-refractivity contribution in [3.63, 3.8) is 0 Å². The average Bonchev–Trinajstić information content (AvgIpc) is 3.17. The molecule has 10 heteroatoms. The number of benzene rings is 1. The van der Waals surface area contributed by atoms with Gasteiger partial charge in [0.1, 0.15) is 22.1 Å². The third-order valence-corrected chi connectivity index (χ3v) is 5.02. The van der Waals surface area contributed by atoms with Crippen LogP contribution < -0.4 is 4.74 Å². The van der Waals surface area contributed by atoms with Gasteiger partial charge in [-0.25, -0.2) is 9.78 Å². The molecule has 3 aromatic heterocycles. The molecule has 4 rings (SSSR count). The van der Waals surface area contributed by atoms with Crippen molar-refractivity contribution in [2.24, 2.45) is 0 Å². The van der Waals surface area contributed by atoms with Crippen LogP contribution in [0.3, 0.4) is 0 Å². The molecule has 0 unspecified atom stereocenters. The molecule has 0 aliphatic heterocycles. The number of aromatic nitrogens is 4. The monoisotopic (exact) mass is 507 g/mol. The summed E-state index contributed by atoms with van der Waals surface area (Å²) < 4.78 is 12.4. The zero-order valence-electron chi connectivity index (χ0n) is 19.0. The lowest BCUT2D eigenvalue weighted by Gasteiger charge is -2.18. The summed E-state index contributed by atoms with van der Waals surface area (Å²) in [6.45, 7) is 5.34. The second-order valence-corrected chi connectivity index (χ2v) is 9.26. The number of hydrogen-bond donors (Lipinski definition) is 0. The predicted molar refractivity (Wildman–Crippen MR) is 134 cm³/mol. The molecule has 0 N–H and O–H groups in total. The molecule has 0 saturated heterocycles. The van der Waals surface area contributed by atoms with Crippen LogP contribution in [-0.4, -0.2) is 31.4 Å². The van der Waals surface area contributed by atoms with Crippen molar-refractivity contribution in [2.45, 2.75) is 26.4 Å². The van der Waals surface area contributed by atoms with Crippen molar-refractivity contribution in [3.05, 3.63) is 75.8 Å². The number of nitriles is 1. The zero-order chi connectivity index (χ0) is 25.2. The van der Waals surface area contributed by atoms with Crippen molar-refractivity contribution in [2.75, 3.05) is 0 Å². The molecule has 35 heavy (non-hydrogen) atoms. The van der Waals surface area contributed by atoms with Crippen molar-refractivity contribution in [1.29, 1.82) is 5.26 Å². The lowest BCUT2D eigenvalue weighted by Crippen LogP contribution is -2.27. The minimum Gasteiger partial charge on any atom is -0.456 e. The van der Waals surface area contributed by atoms with Crippen LogP contribution in [0.25, 0.3) is 23.2 Å². The summed E-state index contributed by atoms with van der Waals surface area (Å²) in [5.74, 6) is 0.698. The summed E-state index contributed by atoms with van der Waals surface area (Å²) in [6.07, 6.45) is 5.81. The maximum absolute atomic E-state index is 12.6. The van der Waals surface area contributed by atoms with Gasteiger partial charge in [-0.3, -0.25) is 4.98 Å². The largest absolute Gasteiger partial charge is 0.456 e. The highest BCUT2D eigenvalue weighted by Gasteiger charge is 2.22. The Hall–Kier alpha value is -3.93. The van der Waals surface area contributed by atoms with Crippen LogP contribution in [0.15, 0.2) is 48.8 Å². The summed E-state index contributed by atoms with van der Waals surface area (Å²) in [6, 6.07) is 11.9. The number of rotatable bonds is 4. The Morgan fingerprint density at radius 2 is 1.94 bits per heavy atom. The molecule has 0 atom stereocenters. The minimum absolute atomic E-state index is 0.282. The number of ether oxygens (including phenoxy) is 2. The molecule has 0 spiro atoms. The van der Waals surface area contributed by atoms with Crippen molar-refractivity contribution in [3.8, 4) is 17.6 Å². The molecule has 4 aromatic rings. The van der Waals surface area contributed by atoms with Gasteiger partial charge in [0.05, 0.1) is 23.0 Å². The number of carbonyl (C=O) groups excluding carboxylic acids is 1. The van der Waals surface area contributed by atoms with Crippen LogP contribution in [0, 0.1) is 11.3 Å². The van der Waals surface area contributed by atoms with Gasteiger partial charge in [0, 0.05) is 28.9 Å². The Morgan fingerprint density at radius 3 is 2.69 bits per heavy atom. The van der Waals surface area contributed by atoms with Crippen LogP contribution in [0.5, 0.6) is 11.5 Å². The predicted octanol–water partition coefficient (Wildman–Crippen LogP) is 6.75. The van der Waals surface area contributed by atoms with E-state index in [0.717, 1.165) is 4.68 Å². The molecule has 0 aliphatic rings. The average molecular weight is 508 g/mol. The first-order valence-electron chi connectivity index (χ1n) is 10.4. The topological polar surface area (TPSA) is 103 Å². The molecule has 0 bridgehead atoms. The van der Waals surface area contributed by atoms with Crippen LogP contribution in [0.4, 0.5) is 4.79 Å². The van der Waals surface area contributed by atoms with Gasteiger partial charge in [0.15, 0.2) is 5.65 Å². The highest BCUT2D eigenvalue weighted by Crippen LogP contribution is 2.32. The van der Waals surface area contributed by atoms with Gasteiger partial charge in [0.2, 0.25) is 0 Å². The molecule has 1 aromatic carbocycles. The highest BCUT2D eigenvalue weighted by molar-refractivity contribution is 6.32. The highest BCUT2D eigenvalue weighted by atomic mass is 35.5. The number of fused-ring (bicyclic) bond motifs is 1. The Morgan fingerprint density at radius 1 is 1.14 bits per heavy atom. The van der Waals surface area contributed by atoms with E-state index in [1.165, 1.54) is 12.3 Å². The van der Waals surface area contributed by atoms with Crippen LogP contribution in [-0.2, 0) is 4.74 Å². The van der Waals surface area contributed by atoms with Gasteiger partial charge < -0.3 is 9.47 Å². The lowest BCUT2D eigenvalue weighted by molar-refractivity contribution is 0.0521. The molecule has 0 amide bonds. The minimum atomic E-state index is -0.680. The van der Waals surface area contributed by atoms with Gasteiger partial charge in [0.25, 0.3) is 0 Å². The summed E-state index contributed by atoms with van der Waals surface area (Å²) >= 11 is 12.3. The number of halogens is 2. The van der Waals surface area contributed by atoms with E-state index < -0.39 is 11.7 Å². The number of hydrogen-bond acceptors (Lipinski definition) is 7. The molecule has 176 valence electrons. The first kappa shape index (κ1) is 24.2. The quantitative estimate of drug-likeness (QED) is 0.300. The van der Waals surface area contributed by atoms with Crippen molar-refractivity contribution in [1.82, 2.24) is 19.7 Å². The first-order valence-corrected chi connectivity index (χ1v) is 11.2. The maximum atomic E-state index is 12.6. The molecule has 0 aliphatic carbocycles. The Balaban J connectivity index is 1.65. The molecule has 0 fully saturated rings. The van der Waals surface area contributed by atoms with E-state index in [0.29, 0.717) is 44.5 Å². The van der Waals surface area contributed by atoms with E-state index in [1.54, 1.807) is 63.4 Å². The maximum Gasteiger partial charge on any atom is 0.437 e. The Kier molecular flexibility index (Phi) is 6.74. The van der Waals surface area contributed by atoms with Crippen molar-refractivity contribution < 1.29 is 14.3 Å². The Bertz CT molecular complexity index is 1500. The van der Waals surface area contributed by atoms with E-state index in [2.05, 4.69) is 15.1 Å². The molecular formula is C25H19Cl2N5O3. The third kappa shape index (κ3) is 5.77. The van der Waals surface area contributed by atoms with Crippen LogP contribution >= 0.6 is 23.2 Å². The molecule has 3 heterocycles. The fourth-order valence-corrected chi connectivity index (χ4v) is 3.48. The smallest absolute Gasteiger partial charge is 0.437 e. The van der Waals surface area contributed by atoms with Gasteiger partial charge in [-0.2, -0.15) is 10.4 Å². The molecule has 0 saturated carbocycles. The van der Waals surface area contributed by atoms with E-state index in [4.69, 9.17) is 37.9 Å². The standard InChI is InChI=1S/C25H19Cl2N5O3/c1-25(2,3)35-24(33)32-23-19(5-4-8-29-23)21(31-32)7-6-17-12-22(20(27)14-30-17)34-18-10-15(13-28)9-16(26)11-18/h4-12,14H,1-3H3. The lowest BCUT2D eigenvalue weighted by atomic mass is 10.2. The van der Waals surface area contributed by atoms with Crippen LogP contribution in [0.2, 0.25) is 10.0 Å². The fraction of sp³-hybridized carbons (Fsp3) is 0.160.